The largest absolute Gasteiger partial charge is 0.335 e. The molecule has 1 fully saturated rings. The predicted molar refractivity (Wildman–Crippen MR) is 64.2 cm³/mol. The Morgan fingerprint density at radius 1 is 1.53 bits per heavy atom. The molecule has 1 atom stereocenters. The number of hydrogen-bond acceptors (Lipinski definition) is 5. The van der Waals surface area contributed by atoms with Crippen LogP contribution in [0.25, 0.3) is 0 Å². The van der Waals surface area contributed by atoms with Crippen molar-refractivity contribution in [2.75, 3.05) is 12.0 Å². The van der Waals surface area contributed by atoms with E-state index >= 15 is 0 Å². The molecule has 92 valence electrons. The fraction of sp³-hybridized carbons (Fsp3) is 0.545. The van der Waals surface area contributed by atoms with Crippen LogP contribution in [-0.2, 0) is 0 Å². The molecule has 0 bridgehead atoms. The highest BCUT2D eigenvalue weighted by atomic mass is 16.2. The Labute approximate surface area is 100 Å². The van der Waals surface area contributed by atoms with Crippen LogP contribution >= 0.6 is 0 Å². The number of rotatable bonds is 2. The molecule has 17 heavy (non-hydrogen) atoms. The van der Waals surface area contributed by atoms with Crippen LogP contribution in [0.5, 0.6) is 0 Å². The van der Waals surface area contributed by atoms with Gasteiger partial charge in [-0.3, -0.25) is 9.78 Å². The van der Waals surface area contributed by atoms with E-state index in [0.717, 1.165) is 19.4 Å². The molecular formula is C11H17N5O. The second-order valence-electron chi connectivity index (χ2n) is 4.28. The maximum absolute atomic E-state index is 12.2. The number of amides is 1. The van der Waals surface area contributed by atoms with Gasteiger partial charge in [0.15, 0.2) is 5.82 Å². The van der Waals surface area contributed by atoms with Crippen LogP contribution in [0, 0.1) is 0 Å². The van der Waals surface area contributed by atoms with E-state index in [1.165, 1.54) is 18.8 Å². The summed E-state index contributed by atoms with van der Waals surface area (Å²) in [4.78, 5) is 22.1. The fourth-order valence-corrected chi connectivity index (χ4v) is 2.09. The van der Waals surface area contributed by atoms with Crippen LogP contribution in [0.2, 0.25) is 0 Å². The summed E-state index contributed by atoms with van der Waals surface area (Å²) in [5.41, 5.74) is 2.73. The van der Waals surface area contributed by atoms with E-state index in [2.05, 4.69) is 22.3 Å². The Morgan fingerprint density at radius 3 is 3.06 bits per heavy atom. The third kappa shape index (κ3) is 2.52. The molecule has 0 spiro atoms. The normalized spacial score (nSPS) is 20.1. The molecule has 1 aromatic heterocycles. The summed E-state index contributed by atoms with van der Waals surface area (Å²) in [6, 6.07) is 0.271. The molecule has 0 radical (unpaired) electrons. The third-order valence-corrected chi connectivity index (χ3v) is 3.07. The molecule has 6 nitrogen and oxygen atoms in total. The molecule has 2 heterocycles. The molecule has 0 aromatic carbocycles. The van der Waals surface area contributed by atoms with Gasteiger partial charge in [-0.05, 0) is 26.2 Å². The van der Waals surface area contributed by atoms with Gasteiger partial charge in [0, 0.05) is 12.6 Å². The number of hydrazine groups is 1. The second-order valence-corrected chi connectivity index (χ2v) is 4.28. The minimum absolute atomic E-state index is 0.0678. The summed E-state index contributed by atoms with van der Waals surface area (Å²) in [5.74, 6) is 5.58. The standard InChI is InChI=1S/C11H17N5O/c1-8-4-2-3-5-16(8)11(17)9-6-13-7-10(14-9)15-12/h6-8H,2-5,12H2,1H3,(H,14,15). The monoisotopic (exact) mass is 235 g/mol. The summed E-state index contributed by atoms with van der Waals surface area (Å²) in [5, 5.41) is 0. The summed E-state index contributed by atoms with van der Waals surface area (Å²) >= 11 is 0. The van der Waals surface area contributed by atoms with Crippen LogP contribution in [0.1, 0.15) is 36.7 Å². The van der Waals surface area contributed by atoms with Crippen molar-refractivity contribution < 1.29 is 4.79 Å². The van der Waals surface area contributed by atoms with Gasteiger partial charge in [0.1, 0.15) is 5.69 Å². The van der Waals surface area contributed by atoms with Crippen molar-refractivity contribution in [2.45, 2.75) is 32.2 Å². The zero-order chi connectivity index (χ0) is 12.3. The lowest BCUT2D eigenvalue weighted by Crippen LogP contribution is -2.42. The Balaban J connectivity index is 2.17. The summed E-state index contributed by atoms with van der Waals surface area (Å²) in [6.07, 6.45) is 6.24. The number of nitrogens with one attached hydrogen (secondary N) is 1. The van der Waals surface area contributed by atoms with Crippen molar-refractivity contribution in [3.63, 3.8) is 0 Å². The Kier molecular flexibility index (Phi) is 3.53. The molecular weight excluding hydrogens is 218 g/mol. The molecule has 0 saturated carbocycles. The average Bonchev–Trinajstić information content (AvgIpc) is 2.38. The highest BCUT2D eigenvalue weighted by Crippen LogP contribution is 2.18. The molecule has 2 rings (SSSR count). The van der Waals surface area contributed by atoms with Crippen molar-refractivity contribution in [3.8, 4) is 0 Å². The third-order valence-electron chi connectivity index (χ3n) is 3.07. The van der Waals surface area contributed by atoms with Gasteiger partial charge >= 0.3 is 0 Å². The molecule has 1 aliphatic rings. The lowest BCUT2D eigenvalue weighted by atomic mass is 10.0. The first-order valence-electron chi connectivity index (χ1n) is 5.82. The quantitative estimate of drug-likeness (QED) is 0.584. The average molecular weight is 235 g/mol. The molecule has 1 aliphatic heterocycles. The van der Waals surface area contributed by atoms with E-state index < -0.39 is 0 Å². The molecule has 0 aliphatic carbocycles. The molecule has 1 amide bonds. The Morgan fingerprint density at radius 2 is 2.35 bits per heavy atom. The molecule has 1 unspecified atom stereocenters. The number of carbonyl (C=O) groups is 1. The molecule has 1 saturated heterocycles. The van der Waals surface area contributed by atoms with E-state index in [1.54, 1.807) is 0 Å². The first-order valence-corrected chi connectivity index (χ1v) is 5.82. The van der Waals surface area contributed by atoms with Crippen molar-refractivity contribution in [1.82, 2.24) is 14.9 Å². The number of nitrogen functional groups attached to an aromatic ring is 1. The predicted octanol–water partition coefficient (Wildman–Crippen LogP) is 0.777. The van der Waals surface area contributed by atoms with E-state index in [9.17, 15) is 4.79 Å². The lowest BCUT2D eigenvalue weighted by Gasteiger charge is -2.33. The Hall–Kier alpha value is -1.69. The summed E-state index contributed by atoms with van der Waals surface area (Å²) in [7, 11) is 0. The summed E-state index contributed by atoms with van der Waals surface area (Å²) in [6.45, 7) is 2.86. The van der Waals surface area contributed by atoms with E-state index in [-0.39, 0.29) is 11.9 Å². The number of likely N-dealkylation sites (tertiary alicyclic amines) is 1. The van der Waals surface area contributed by atoms with Gasteiger partial charge in [-0.25, -0.2) is 10.8 Å². The van der Waals surface area contributed by atoms with E-state index in [1.807, 2.05) is 4.90 Å². The van der Waals surface area contributed by atoms with Crippen LogP contribution in [-0.4, -0.2) is 33.4 Å². The van der Waals surface area contributed by atoms with Crippen LogP contribution in [0.15, 0.2) is 12.4 Å². The molecule has 1 aromatic rings. The lowest BCUT2D eigenvalue weighted by molar-refractivity contribution is 0.0629. The highest BCUT2D eigenvalue weighted by molar-refractivity contribution is 5.92. The van der Waals surface area contributed by atoms with E-state index in [0.29, 0.717) is 11.5 Å². The number of hydrogen-bond donors (Lipinski definition) is 2. The van der Waals surface area contributed by atoms with Crippen molar-refractivity contribution in [3.05, 3.63) is 18.1 Å². The maximum Gasteiger partial charge on any atom is 0.274 e. The number of aromatic nitrogens is 2. The minimum Gasteiger partial charge on any atom is -0.335 e. The van der Waals surface area contributed by atoms with Gasteiger partial charge in [0.2, 0.25) is 0 Å². The number of piperidine rings is 1. The van der Waals surface area contributed by atoms with Gasteiger partial charge in [0.05, 0.1) is 12.4 Å². The smallest absolute Gasteiger partial charge is 0.274 e. The van der Waals surface area contributed by atoms with Gasteiger partial charge in [-0.1, -0.05) is 0 Å². The maximum atomic E-state index is 12.2. The Bertz CT molecular complexity index is 409. The van der Waals surface area contributed by atoms with Crippen molar-refractivity contribution in [1.29, 1.82) is 0 Å². The van der Waals surface area contributed by atoms with Gasteiger partial charge < -0.3 is 10.3 Å². The van der Waals surface area contributed by atoms with Gasteiger partial charge in [-0.2, -0.15) is 0 Å². The first kappa shape index (κ1) is 11.8. The minimum atomic E-state index is -0.0678. The SMILES string of the molecule is CC1CCCCN1C(=O)c1cncc(NN)n1. The first-order chi connectivity index (χ1) is 8.22. The van der Waals surface area contributed by atoms with Crippen LogP contribution in [0.4, 0.5) is 5.82 Å². The number of nitrogens with zero attached hydrogens (tertiary/aromatic N) is 3. The zero-order valence-electron chi connectivity index (χ0n) is 9.89. The summed E-state index contributed by atoms with van der Waals surface area (Å²) < 4.78 is 0. The molecule has 3 N–H and O–H groups in total. The topological polar surface area (TPSA) is 84.1 Å². The van der Waals surface area contributed by atoms with Crippen LogP contribution in [0.3, 0.4) is 0 Å². The van der Waals surface area contributed by atoms with Crippen LogP contribution < -0.4 is 11.3 Å². The van der Waals surface area contributed by atoms with Gasteiger partial charge in [0.25, 0.3) is 5.91 Å². The fourth-order valence-electron chi connectivity index (χ4n) is 2.09. The van der Waals surface area contributed by atoms with Crippen molar-refractivity contribution in [2.24, 2.45) is 5.84 Å². The number of carbonyl (C=O) groups excluding carboxylic acids is 1. The van der Waals surface area contributed by atoms with Crippen molar-refractivity contribution >= 4 is 11.7 Å². The number of nitrogens with two attached hydrogens (primary N) is 1. The van der Waals surface area contributed by atoms with E-state index in [4.69, 9.17) is 5.84 Å². The zero-order valence-corrected chi connectivity index (χ0v) is 9.89. The highest BCUT2D eigenvalue weighted by Gasteiger charge is 2.25. The molecule has 6 heteroatoms. The van der Waals surface area contributed by atoms with Gasteiger partial charge in [-0.15, -0.1) is 0 Å². The number of anilines is 1. The second kappa shape index (κ2) is 5.09.